The standard InChI is InChI=1S/C10H19N3O2/c1-8(11-2)10(15)12-7-9(14)13-5-3-4-6-13/h8,11H,3-7H2,1-2H3,(H,12,15). The molecule has 5 nitrogen and oxygen atoms in total. The van der Waals surface area contributed by atoms with Gasteiger partial charge in [0.05, 0.1) is 12.6 Å². The molecular weight excluding hydrogens is 194 g/mol. The van der Waals surface area contributed by atoms with Gasteiger partial charge >= 0.3 is 0 Å². The summed E-state index contributed by atoms with van der Waals surface area (Å²) >= 11 is 0. The van der Waals surface area contributed by atoms with Crippen LogP contribution in [-0.4, -0.2) is 49.4 Å². The Morgan fingerprint density at radius 1 is 1.33 bits per heavy atom. The van der Waals surface area contributed by atoms with Gasteiger partial charge in [-0.15, -0.1) is 0 Å². The van der Waals surface area contributed by atoms with Crippen molar-refractivity contribution in [2.24, 2.45) is 0 Å². The van der Waals surface area contributed by atoms with Gasteiger partial charge in [0.25, 0.3) is 0 Å². The topological polar surface area (TPSA) is 61.4 Å². The van der Waals surface area contributed by atoms with Gasteiger partial charge in [-0.3, -0.25) is 9.59 Å². The first-order valence-corrected chi connectivity index (χ1v) is 5.38. The Labute approximate surface area is 90.2 Å². The van der Waals surface area contributed by atoms with E-state index in [4.69, 9.17) is 0 Å². The Morgan fingerprint density at radius 3 is 2.47 bits per heavy atom. The second-order valence-electron chi connectivity index (χ2n) is 3.82. The number of nitrogens with zero attached hydrogens (tertiary/aromatic N) is 1. The highest BCUT2D eigenvalue weighted by Gasteiger charge is 2.19. The summed E-state index contributed by atoms with van der Waals surface area (Å²) in [6, 6.07) is -0.253. The Bertz CT molecular complexity index is 237. The molecule has 1 rings (SSSR count). The Morgan fingerprint density at radius 2 is 1.93 bits per heavy atom. The number of hydrogen-bond donors (Lipinski definition) is 2. The van der Waals surface area contributed by atoms with Crippen molar-refractivity contribution in [3.63, 3.8) is 0 Å². The molecule has 0 spiro atoms. The zero-order valence-electron chi connectivity index (χ0n) is 9.38. The summed E-state index contributed by atoms with van der Waals surface area (Å²) < 4.78 is 0. The highest BCUT2D eigenvalue weighted by Crippen LogP contribution is 2.06. The van der Waals surface area contributed by atoms with Crippen LogP contribution in [0.1, 0.15) is 19.8 Å². The number of amides is 2. The zero-order valence-corrected chi connectivity index (χ0v) is 9.38. The number of carbonyl (C=O) groups excluding carboxylic acids is 2. The molecule has 0 aromatic carbocycles. The molecule has 0 aromatic rings. The van der Waals surface area contributed by atoms with Gasteiger partial charge in [0, 0.05) is 13.1 Å². The van der Waals surface area contributed by atoms with Crippen LogP contribution in [0.25, 0.3) is 0 Å². The minimum absolute atomic E-state index is 0.0177. The van der Waals surface area contributed by atoms with Crippen LogP contribution in [0.4, 0.5) is 0 Å². The lowest BCUT2D eigenvalue weighted by Crippen LogP contribution is -2.45. The van der Waals surface area contributed by atoms with Crippen LogP contribution in [0.5, 0.6) is 0 Å². The predicted molar refractivity (Wildman–Crippen MR) is 57.3 cm³/mol. The molecule has 0 aromatic heterocycles. The predicted octanol–water partition coefficient (Wildman–Crippen LogP) is -0.667. The molecule has 1 atom stereocenters. The molecule has 0 aliphatic carbocycles. The van der Waals surface area contributed by atoms with Crippen molar-refractivity contribution in [3.05, 3.63) is 0 Å². The maximum Gasteiger partial charge on any atom is 0.241 e. The lowest BCUT2D eigenvalue weighted by molar-refractivity contribution is -0.132. The van der Waals surface area contributed by atoms with Crippen molar-refractivity contribution in [1.29, 1.82) is 0 Å². The van der Waals surface area contributed by atoms with Gasteiger partial charge in [0.1, 0.15) is 0 Å². The maximum absolute atomic E-state index is 11.6. The molecule has 5 heteroatoms. The minimum Gasteiger partial charge on any atom is -0.346 e. The minimum atomic E-state index is -0.253. The van der Waals surface area contributed by atoms with Crippen LogP contribution in [-0.2, 0) is 9.59 Å². The molecule has 2 amide bonds. The first-order chi connectivity index (χ1) is 7.15. The average Bonchev–Trinajstić information content (AvgIpc) is 2.77. The lowest BCUT2D eigenvalue weighted by Gasteiger charge is -2.16. The molecule has 1 fully saturated rings. The van der Waals surface area contributed by atoms with Crippen molar-refractivity contribution in [2.45, 2.75) is 25.8 Å². The van der Waals surface area contributed by atoms with Crippen molar-refractivity contribution in [3.8, 4) is 0 Å². The summed E-state index contributed by atoms with van der Waals surface area (Å²) in [6.07, 6.45) is 2.15. The fourth-order valence-corrected chi connectivity index (χ4v) is 1.53. The Kier molecular flexibility index (Phi) is 4.55. The van der Waals surface area contributed by atoms with Gasteiger partial charge in [-0.1, -0.05) is 0 Å². The zero-order chi connectivity index (χ0) is 11.3. The van der Waals surface area contributed by atoms with Crippen molar-refractivity contribution in [2.75, 3.05) is 26.7 Å². The average molecular weight is 213 g/mol. The number of carbonyl (C=O) groups is 2. The van der Waals surface area contributed by atoms with Crippen LogP contribution in [0, 0.1) is 0 Å². The molecule has 0 saturated carbocycles. The summed E-state index contributed by atoms with van der Waals surface area (Å²) in [5, 5.41) is 5.44. The highest BCUT2D eigenvalue weighted by atomic mass is 16.2. The van der Waals surface area contributed by atoms with E-state index in [1.165, 1.54) is 0 Å². The van der Waals surface area contributed by atoms with Crippen LogP contribution in [0.2, 0.25) is 0 Å². The van der Waals surface area contributed by atoms with Gasteiger partial charge < -0.3 is 15.5 Å². The Hall–Kier alpha value is -1.10. The van der Waals surface area contributed by atoms with E-state index < -0.39 is 0 Å². The number of likely N-dealkylation sites (N-methyl/N-ethyl adjacent to an activating group) is 1. The first-order valence-electron chi connectivity index (χ1n) is 5.38. The quantitative estimate of drug-likeness (QED) is 0.651. The highest BCUT2D eigenvalue weighted by molar-refractivity contribution is 5.87. The molecule has 1 aliphatic rings. The molecule has 15 heavy (non-hydrogen) atoms. The van der Waals surface area contributed by atoms with E-state index in [1.807, 2.05) is 0 Å². The third kappa shape index (κ3) is 3.51. The van der Waals surface area contributed by atoms with E-state index in [9.17, 15) is 9.59 Å². The second kappa shape index (κ2) is 5.70. The molecule has 0 bridgehead atoms. The van der Waals surface area contributed by atoms with E-state index in [1.54, 1.807) is 18.9 Å². The van der Waals surface area contributed by atoms with Gasteiger partial charge in [-0.05, 0) is 26.8 Å². The van der Waals surface area contributed by atoms with Crippen molar-refractivity contribution < 1.29 is 9.59 Å². The van der Waals surface area contributed by atoms with E-state index in [-0.39, 0.29) is 24.4 Å². The van der Waals surface area contributed by atoms with Crippen LogP contribution in [0.3, 0.4) is 0 Å². The smallest absolute Gasteiger partial charge is 0.241 e. The molecular formula is C10H19N3O2. The molecule has 0 radical (unpaired) electrons. The summed E-state index contributed by atoms with van der Waals surface area (Å²) in [7, 11) is 1.71. The van der Waals surface area contributed by atoms with Gasteiger partial charge in [-0.2, -0.15) is 0 Å². The maximum atomic E-state index is 11.6. The SMILES string of the molecule is CNC(C)C(=O)NCC(=O)N1CCCC1. The van der Waals surface area contributed by atoms with Crippen LogP contribution >= 0.6 is 0 Å². The van der Waals surface area contributed by atoms with Crippen LogP contribution in [0.15, 0.2) is 0 Å². The second-order valence-corrected chi connectivity index (χ2v) is 3.82. The molecule has 1 heterocycles. The van der Waals surface area contributed by atoms with Crippen molar-refractivity contribution in [1.82, 2.24) is 15.5 Å². The summed E-state index contributed by atoms with van der Waals surface area (Å²) in [4.78, 5) is 24.7. The third-order valence-electron chi connectivity index (χ3n) is 2.70. The van der Waals surface area contributed by atoms with Crippen molar-refractivity contribution >= 4 is 11.8 Å². The van der Waals surface area contributed by atoms with E-state index in [0.717, 1.165) is 25.9 Å². The summed E-state index contributed by atoms with van der Waals surface area (Å²) in [5.74, 6) is -0.116. The number of likely N-dealkylation sites (tertiary alicyclic amines) is 1. The Balaban J connectivity index is 2.24. The van der Waals surface area contributed by atoms with E-state index in [2.05, 4.69) is 10.6 Å². The summed E-state index contributed by atoms with van der Waals surface area (Å²) in [6.45, 7) is 3.53. The number of nitrogens with one attached hydrogen (secondary N) is 2. The summed E-state index contributed by atoms with van der Waals surface area (Å²) in [5.41, 5.74) is 0. The van der Waals surface area contributed by atoms with E-state index >= 15 is 0 Å². The molecule has 86 valence electrons. The molecule has 2 N–H and O–H groups in total. The van der Waals surface area contributed by atoms with Gasteiger partial charge in [0.2, 0.25) is 11.8 Å². The monoisotopic (exact) mass is 213 g/mol. The molecule has 1 saturated heterocycles. The number of hydrogen-bond acceptors (Lipinski definition) is 3. The van der Waals surface area contributed by atoms with Gasteiger partial charge in [0.15, 0.2) is 0 Å². The number of rotatable bonds is 4. The fourth-order valence-electron chi connectivity index (χ4n) is 1.53. The van der Waals surface area contributed by atoms with Gasteiger partial charge in [-0.25, -0.2) is 0 Å². The van der Waals surface area contributed by atoms with Crippen LogP contribution < -0.4 is 10.6 Å². The fraction of sp³-hybridized carbons (Fsp3) is 0.800. The lowest BCUT2D eigenvalue weighted by atomic mass is 10.3. The largest absolute Gasteiger partial charge is 0.346 e. The molecule has 1 unspecified atom stereocenters. The third-order valence-corrected chi connectivity index (χ3v) is 2.70. The molecule has 1 aliphatic heterocycles. The normalized spacial score (nSPS) is 17.6. The first kappa shape index (κ1) is 12.0. The van der Waals surface area contributed by atoms with E-state index in [0.29, 0.717) is 0 Å².